The Bertz CT molecular complexity index is 393. The van der Waals surface area contributed by atoms with Crippen LogP contribution in [0.2, 0.25) is 0 Å². The van der Waals surface area contributed by atoms with Crippen LogP contribution in [0.1, 0.15) is 32.3 Å². The van der Waals surface area contributed by atoms with Crippen LogP contribution in [0, 0.1) is 11.8 Å². The monoisotopic (exact) mass is 276 g/mol. The van der Waals surface area contributed by atoms with E-state index in [2.05, 4.69) is 43.0 Å². The second-order valence-electron chi connectivity index (χ2n) is 6.59. The van der Waals surface area contributed by atoms with E-state index in [1.165, 1.54) is 5.56 Å². The van der Waals surface area contributed by atoms with Crippen LogP contribution < -0.4 is 5.73 Å². The van der Waals surface area contributed by atoms with Gasteiger partial charge in [0.25, 0.3) is 0 Å². The summed E-state index contributed by atoms with van der Waals surface area (Å²) < 4.78 is 0. The van der Waals surface area contributed by atoms with E-state index in [1.54, 1.807) is 0 Å². The molecule has 20 heavy (non-hydrogen) atoms. The maximum atomic E-state index is 10.1. The zero-order valence-corrected chi connectivity index (χ0v) is 12.7. The van der Waals surface area contributed by atoms with Crippen molar-refractivity contribution >= 4 is 0 Å². The third-order valence-corrected chi connectivity index (χ3v) is 4.24. The Balaban J connectivity index is 1.91. The number of piperidine rings is 1. The molecule has 1 aromatic carbocycles. The molecular weight excluding hydrogens is 248 g/mol. The molecule has 0 radical (unpaired) electrons. The molecule has 0 saturated carbocycles. The van der Waals surface area contributed by atoms with Crippen molar-refractivity contribution in [2.45, 2.75) is 45.4 Å². The van der Waals surface area contributed by atoms with Crippen LogP contribution in [0.25, 0.3) is 0 Å². The molecule has 1 aliphatic rings. The Kier molecular flexibility index (Phi) is 5.58. The SMILES string of the molecule is CC(C)C(O)CC1CC(N)CN(Cc2ccccc2)C1. The minimum absolute atomic E-state index is 0.205. The molecular formula is C17H28N2O. The van der Waals surface area contributed by atoms with Gasteiger partial charge in [-0.3, -0.25) is 4.90 Å². The molecule has 3 unspecified atom stereocenters. The normalized spacial score (nSPS) is 25.9. The van der Waals surface area contributed by atoms with Crippen molar-refractivity contribution in [3.8, 4) is 0 Å². The molecule has 1 saturated heterocycles. The van der Waals surface area contributed by atoms with Crippen LogP contribution in [-0.2, 0) is 6.54 Å². The van der Waals surface area contributed by atoms with E-state index in [0.717, 1.165) is 32.5 Å². The summed E-state index contributed by atoms with van der Waals surface area (Å²) in [6.45, 7) is 7.13. The van der Waals surface area contributed by atoms with Crippen molar-refractivity contribution in [1.29, 1.82) is 0 Å². The van der Waals surface area contributed by atoms with E-state index >= 15 is 0 Å². The fourth-order valence-electron chi connectivity index (χ4n) is 3.10. The molecule has 0 amide bonds. The standard InChI is InChI=1S/C17H28N2O/c1-13(2)17(20)9-15-8-16(18)12-19(11-15)10-14-6-4-3-5-7-14/h3-7,13,15-17,20H,8-12,18H2,1-2H3. The van der Waals surface area contributed by atoms with Gasteiger partial charge in [0.1, 0.15) is 0 Å². The van der Waals surface area contributed by atoms with Crippen LogP contribution in [0.15, 0.2) is 30.3 Å². The number of rotatable bonds is 5. The second-order valence-corrected chi connectivity index (χ2v) is 6.59. The summed E-state index contributed by atoms with van der Waals surface area (Å²) >= 11 is 0. The largest absolute Gasteiger partial charge is 0.393 e. The molecule has 1 heterocycles. The van der Waals surface area contributed by atoms with Crippen LogP contribution in [0.5, 0.6) is 0 Å². The molecule has 3 heteroatoms. The predicted octanol–water partition coefficient (Wildman–Crippen LogP) is 2.24. The lowest BCUT2D eigenvalue weighted by Crippen LogP contribution is -2.47. The summed E-state index contributed by atoms with van der Waals surface area (Å²) in [4.78, 5) is 2.43. The number of nitrogens with two attached hydrogens (primary N) is 1. The topological polar surface area (TPSA) is 49.5 Å². The van der Waals surface area contributed by atoms with E-state index in [0.29, 0.717) is 11.8 Å². The van der Waals surface area contributed by atoms with Gasteiger partial charge in [-0.05, 0) is 30.2 Å². The summed E-state index contributed by atoms with van der Waals surface area (Å²) in [7, 11) is 0. The van der Waals surface area contributed by atoms with Gasteiger partial charge in [0.15, 0.2) is 0 Å². The summed E-state index contributed by atoms with van der Waals surface area (Å²) in [6, 6.07) is 10.8. The van der Waals surface area contributed by atoms with E-state index in [9.17, 15) is 5.11 Å². The molecule has 3 nitrogen and oxygen atoms in total. The molecule has 112 valence electrons. The highest BCUT2D eigenvalue weighted by molar-refractivity contribution is 5.14. The lowest BCUT2D eigenvalue weighted by molar-refractivity contribution is 0.0642. The number of nitrogens with zero attached hydrogens (tertiary/aromatic N) is 1. The quantitative estimate of drug-likeness (QED) is 0.867. The van der Waals surface area contributed by atoms with Gasteiger partial charge in [-0.2, -0.15) is 0 Å². The molecule has 1 aromatic rings. The average Bonchev–Trinajstić information content (AvgIpc) is 2.39. The van der Waals surface area contributed by atoms with E-state index in [-0.39, 0.29) is 12.1 Å². The average molecular weight is 276 g/mol. The zero-order valence-electron chi connectivity index (χ0n) is 12.7. The molecule has 0 spiro atoms. The van der Waals surface area contributed by atoms with E-state index in [4.69, 9.17) is 5.73 Å². The Morgan fingerprint density at radius 3 is 2.60 bits per heavy atom. The van der Waals surface area contributed by atoms with Gasteiger partial charge in [0.2, 0.25) is 0 Å². The highest BCUT2D eigenvalue weighted by atomic mass is 16.3. The molecule has 2 rings (SSSR count). The summed E-state index contributed by atoms with van der Waals surface area (Å²) in [5.41, 5.74) is 7.54. The maximum absolute atomic E-state index is 10.1. The van der Waals surface area contributed by atoms with Gasteiger partial charge in [-0.15, -0.1) is 0 Å². The first-order valence-electron chi connectivity index (χ1n) is 7.74. The maximum Gasteiger partial charge on any atom is 0.0566 e. The molecule has 1 fully saturated rings. The van der Waals surface area contributed by atoms with Crippen LogP contribution in [0.3, 0.4) is 0 Å². The van der Waals surface area contributed by atoms with E-state index < -0.39 is 0 Å². The summed E-state index contributed by atoms with van der Waals surface area (Å²) in [5.74, 6) is 0.843. The van der Waals surface area contributed by atoms with Crippen LogP contribution in [0.4, 0.5) is 0 Å². The molecule has 0 bridgehead atoms. The fourth-order valence-corrected chi connectivity index (χ4v) is 3.10. The van der Waals surface area contributed by atoms with Crippen molar-refractivity contribution in [2.75, 3.05) is 13.1 Å². The van der Waals surface area contributed by atoms with Gasteiger partial charge in [0, 0.05) is 25.7 Å². The first kappa shape index (κ1) is 15.5. The Morgan fingerprint density at radius 2 is 1.95 bits per heavy atom. The van der Waals surface area contributed by atoms with Crippen molar-refractivity contribution in [3.63, 3.8) is 0 Å². The van der Waals surface area contributed by atoms with Gasteiger partial charge >= 0.3 is 0 Å². The van der Waals surface area contributed by atoms with Gasteiger partial charge in [-0.25, -0.2) is 0 Å². The van der Waals surface area contributed by atoms with Crippen molar-refractivity contribution in [1.82, 2.24) is 4.90 Å². The van der Waals surface area contributed by atoms with Crippen molar-refractivity contribution < 1.29 is 5.11 Å². The fraction of sp³-hybridized carbons (Fsp3) is 0.647. The third kappa shape index (κ3) is 4.58. The van der Waals surface area contributed by atoms with Crippen molar-refractivity contribution in [2.24, 2.45) is 17.6 Å². The number of likely N-dealkylation sites (tertiary alicyclic amines) is 1. The highest BCUT2D eigenvalue weighted by Crippen LogP contribution is 2.24. The predicted molar refractivity (Wildman–Crippen MR) is 83.3 cm³/mol. The highest BCUT2D eigenvalue weighted by Gasteiger charge is 2.27. The van der Waals surface area contributed by atoms with Crippen molar-refractivity contribution in [3.05, 3.63) is 35.9 Å². The van der Waals surface area contributed by atoms with E-state index in [1.807, 2.05) is 6.07 Å². The third-order valence-electron chi connectivity index (χ3n) is 4.24. The Labute approximate surface area is 122 Å². The first-order chi connectivity index (χ1) is 9.54. The number of aliphatic hydroxyl groups excluding tert-OH is 1. The Hall–Kier alpha value is -0.900. The molecule has 0 aliphatic carbocycles. The van der Waals surface area contributed by atoms with Gasteiger partial charge in [0.05, 0.1) is 6.10 Å². The lowest BCUT2D eigenvalue weighted by atomic mass is 9.87. The summed E-state index contributed by atoms with van der Waals surface area (Å²) in [5, 5.41) is 10.1. The minimum atomic E-state index is -0.205. The molecule has 0 aromatic heterocycles. The van der Waals surface area contributed by atoms with Gasteiger partial charge < -0.3 is 10.8 Å². The zero-order chi connectivity index (χ0) is 14.5. The Morgan fingerprint density at radius 1 is 1.25 bits per heavy atom. The lowest BCUT2D eigenvalue weighted by Gasteiger charge is -2.37. The second kappa shape index (κ2) is 7.21. The van der Waals surface area contributed by atoms with Crippen LogP contribution in [-0.4, -0.2) is 35.2 Å². The first-order valence-corrected chi connectivity index (χ1v) is 7.74. The molecule has 1 aliphatic heterocycles. The summed E-state index contributed by atoms with van der Waals surface area (Å²) in [6.07, 6.45) is 1.70. The number of hydrogen-bond acceptors (Lipinski definition) is 3. The smallest absolute Gasteiger partial charge is 0.0566 e. The number of aliphatic hydroxyl groups is 1. The minimum Gasteiger partial charge on any atom is -0.393 e. The number of hydrogen-bond donors (Lipinski definition) is 2. The molecule has 3 atom stereocenters. The molecule has 3 N–H and O–H groups in total. The van der Waals surface area contributed by atoms with Gasteiger partial charge in [-0.1, -0.05) is 44.2 Å². The van der Waals surface area contributed by atoms with Crippen LogP contribution >= 0.6 is 0 Å². The number of benzene rings is 1.